The number of rotatable bonds is 66. The van der Waals surface area contributed by atoms with E-state index in [0.717, 1.165) is 93.4 Å². The number of aliphatic imine (C=N–C) groups is 2. The molecule has 0 fully saturated rings. The van der Waals surface area contributed by atoms with Crippen molar-refractivity contribution < 1.29 is 0 Å². The van der Waals surface area contributed by atoms with Crippen LogP contribution in [0.1, 0.15) is 424 Å². The van der Waals surface area contributed by atoms with Gasteiger partial charge < -0.3 is 0 Å². The molecule has 2 aromatic rings. The lowest BCUT2D eigenvalue weighted by molar-refractivity contribution is 0.519. The molecule has 2 rings (SSSR count). The number of aryl methyl sites for hydroxylation is 2. The van der Waals surface area contributed by atoms with E-state index in [-0.39, 0.29) is 0 Å². The zero-order valence-electron chi connectivity index (χ0n) is 59.7. The van der Waals surface area contributed by atoms with Crippen LogP contribution >= 0.6 is 0 Å². The third kappa shape index (κ3) is 52.4. The van der Waals surface area contributed by atoms with Crippen LogP contribution in [0.2, 0.25) is 0 Å². The average Bonchev–Trinajstić information content (AvgIpc) is 3.06. The maximum Gasteiger partial charge on any atom is 0.135 e. The molecule has 502 valence electrons. The van der Waals surface area contributed by atoms with Crippen molar-refractivity contribution in [3.05, 3.63) is 84.0 Å². The van der Waals surface area contributed by atoms with Crippen LogP contribution in [-0.4, -0.2) is 11.4 Å². The third-order valence-electron chi connectivity index (χ3n) is 18.8. The highest BCUT2D eigenvalue weighted by Crippen LogP contribution is 2.26. The summed E-state index contributed by atoms with van der Waals surface area (Å²) in [6.07, 6.45) is 94.1. The van der Waals surface area contributed by atoms with E-state index in [1.165, 1.54) is 339 Å². The average molecular weight is 1210 g/mol. The molecule has 88 heavy (non-hydrogen) atoms. The fourth-order valence-electron chi connectivity index (χ4n) is 12.8. The minimum atomic E-state index is 0.875. The Hall–Kier alpha value is -3.18. The Bertz CT molecular complexity index is 1950. The molecule has 0 aliphatic rings. The lowest BCUT2D eigenvalue weighted by Crippen LogP contribution is -2.13. The van der Waals surface area contributed by atoms with Gasteiger partial charge in [-0.2, -0.15) is 0 Å². The molecule has 0 aliphatic carbocycles. The number of benzene rings is 2. The molecule has 2 nitrogen and oxygen atoms in total. The van der Waals surface area contributed by atoms with Crippen molar-refractivity contribution in [1.29, 1.82) is 0 Å². The van der Waals surface area contributed by atoms with Gasteiger partial charge in [-0.25, -0.2) is 4.99 Å². The van der Waals surface area contributed by atoms with Gasteiger partial charge in [0.05, 0.1) is 17.1 Å². The fraction of sp³-hybridized carbons (Fsp3) is 0.767. The molecule has 2 aromatic carbocycles. The van der Waals surface area contributed by atoms with Crippen molar-refractivity contribution in [2.24, 2.45) is 9.98 Å². The maximum absolute atomic E-state index is 5.51. The van der Waals surface area contributed by atoms with Crippen LogP contribution in [0.25, 0.3) is 0 Å². The van der Waals surface area contributed by atoms with Crippen LogP contribution in [0.5, 0.6) is 0 Å². The van der Waals surface area contributed by atoms with E-state index >= 15 is 0 Å². The van der Waals surface area contributed by atoms with Gasteiger partial charge in [-0.15, -0.1) is 0 Å². The Morgan fingerprint density at radius 3 is 0.864 bits per heavy atom. The Morgan fingerprint density at radius 1 is 0.284 bits per heavy atom. The van der Waals surface area contributed by atoms with E-state index in [4.69, 9.17) is 9.98 Å². The highest BCUT2D eigenvalue weighted by atomic mass is 14.8. The summed E-state index contributed by atoms with van der Waals surface area (Å²) in [7, 11) is 0. The van der Waals surface area contributed by atoms with Crippen molar-refractivity contribution in [2.45, 2.75) is 426 Å². The molecule has 0 saturated heterocycles. The first kappa shape index (κ1) is 80.9. The summed E-state index contributed by atoms with van der Waals surface area (Å²) in [5.74, 6) is 7.26. The second-order valence-corrected chi connectivity index (χ2v) is 27.4. The first-order valence-corrected chi connectivity index (χ1v) is 39.8. The second-order valence-electron chi connectivity index (χ2n) is 27.4. The molecule has 0 aromatic heterocycles. The lowest BCUT2D eigenvalue weighted by Gasteiger charge is -2.11. The van der Waals surface area contributed by atoms with E-state index < -0.39 is 0 Å². The highest BCUT2D eigenvalue weighted by molar-refractivity contribution is 6.49. The monoisotopic (exact) mass is 1210 g/mol. The van der Waals surface area contributed by atoms with E-state index in [9.17, 15) is 0 Å². The Morgan fingerprint density at radius 2 is 0.545 bits per heavy atom. The molecule has 0 N–H and O–H groups in total. The molecule has 0 spiro atoms. The smallest absolute Gasteiger partial charge is 0.135 e. The minimum Gasteiger partial charge on any atom is -0.250 e. The van der Waals surface area contributed by atoms with Crippen LogP contribution in [0.15, 0.2) is 82.8 Å². The standard InChI is InChI=1S/C86H148N2/c1-5-9-13-16-19-22-24-26-28-30-32-34-36-38-40-42-44-46-48-50-52-54-56-58-60-63-66-73-81-75-69-71-78-83(81)87-85(77-12-8-4)86(80-68-65-62-21-18-15-11-7-3)88-84-79-72-70-76-82(84)74-67-64-61-59-57-55-53-51-49-47-45-43-41-39-37-35-33-31-29-27-25-23-20-17-14-10-6-2/h58-61,69-72,75-76,78-79H,5-57,62-67,73-74,77H2,1-4H3. The van der Waals surface area contributed by atoms with Gasteiger partial charge in [0.1, 0.15) is 5.71 Å². The van der Waals surface area contributed by atoms with Gasteiger partial charge in [-0.3, -0.25) is 4.99 Å². The maximum atomic E-state index is 5.51. The Kier molecular flexibility index (Phi) is 61.4. The van der Waals surface area contributed by atoms with Crippen molar-refractivity contribution in [3.8, 4) is 11.8 Å². The number of unbranched alkanes of at least 4 members (excludes halogenated alkanes) is 53. The fourth-order valence-corrected chi connectivity index (χ4v) is 12.8. The Labute approximate surface area is 551 Å². The van der Waals surface area contributed by atoms with Gasteiger partial charge in [0.25, 0.3) is 0 Å². The van der Waals surface area contributed by atoms with Crippen LogP contribution < -0.4 is 0 Å². The zero-order chi connectivity index (χ0) is 62.6. The summed E-state index contributed by atoms with van der Waals surface area (Å²) in [4.78, 5) is 11.0. The largest absolute Gasteiger partial charge is 0.250 e. The number of hydrogen-bond acceptors (Lipinski definition) is 2. The number of nitrogens with zero attached hydrogens (tertiary/aromatic N) is 2. The predicted molar refractivity (Wildman–Crippen MR) is 400 cm³/mol. The van der Waals surface area contributed by atoms with Crippen molar-refractivity contribution in [1.82, 2.24) is 0 Å². The van der Waals surface area contributed by atoms with Gasteiger partial charge in [0, 0.05) is 6.42 Å². The van der Waals surface area contributed by atoms with E-state index in [0.29, 0.717) is 0 Å². The summed E-state index contributed by atoms with van der Waals surface area (Å²) in [6, 6.07) is 17.7. The highest BCUT2D eigenvalue weighted by Gasteiger charge is 2.12. The van der Waals surface area contributed by atoms with Crippen molar-refractivity contribution in [3.63, 3.8) is 0 Å². The third-order valence-corrected chi connectivity index (χ3v) is 18.8. The number of hydrogen-bond donors (Lipinski definition) is 0. The predicted octanol–water partition coefficient (Wildman–Crippen LogP) is 30.2. The molecule has 0 unspecified atom stereocenters. The summed E-state index contributed by atoms with van der Waals surface area (Å²) in [5, 5.41) is 0. The van der Waals surface area contributed by atoms with Crippen LogP contribution in [0.4, 0.5) is 11.4 Å². The number of allylic oxidation sites excluding steroid dienone is 4. The first-order valence-electron chi connectivity index (χ1n) is 39.8. The van der Waals surface area contributed by atoms with E-state index in [1.54, 1.807) is 0 Å². The van der Waals surface area contributed by atoms with Gasteiger partial charge in [0.15, 0.2) is 0 Å². The molecule has 2 heteroatoms. The van der Waals surface area contributed by atoms with Crippen LogP contribution in [-0.2, 0) is 12.8 Å². The lowest BCUT2D eigenvalue weighted by atomic mass is 10.0. The summed E-state index contributed by atoms with van der Waals surface area (Å²) in [6.45, 7) is 9.21. The normalized spacial score (nSPS) is 12.1. The van der Waals surface area contributed by atoms with Gasteiger partial charge in [-0.05, 0) is 113 Å². The van der Waals surface area contributed by atoms with Gasteiger partial charge in [0.2, 0.25) is 0 Å². The molecular weight excluding hydrogens is 1060 g/mol. The van der Waals surface area contributed by atoms with Crippen LogP contribution in [0.3, 0.4) is 0 Å². The quantitative estimate of drug-likeness (QED) is 0.0273. The van der Waals surface area contributed by atoms with Gasteiger partial charge in [-0.1, -0.05) is 403 Å². The van der Waals surface area contributed by atoms with Gasteiger partial charge >= 0.3 is 0 Å². The van der Waals surface area contributed by atoms with Crippen LogP contribution in [0, 0.1) is 11.8 Å². The summed E-state index contributed by atoms with van der Waals surface area (Å²) >= 11 is 0. The van der Waals surface area contributed by atoms with Crippen molar-refractivity contribution >= 4 is 22.8 Å². The Balaban J connectivity index is 1.75. The second kappa shape index (κ2) is 66.7. The molecule has 0 amide bonds. The molecule has 0 radical (unpaired) electrons. The topological polar surface area (TPSA) is 24.7 Å². The SMILES string of the molecule is CCCCCCCCC#CC(=Nc1ccccc1CCCC=CCCCCCCCCCCCCCCCCCCCCCCCC)C(CCCC)=Nc1ccccc1CCCC=CCCCCCCCCCCCCCCCCCCCCCCCC. The minimum absolute atomic E-state index is 0.875. The summed E-state index contributed by atoms with van der Waals surface area (Å²) in [5.41, 5.74) is 6.75. The van der Waals surface area contributed by atoms with E-state index in [1.807, 2.05) is 0 Å². The first-order chi connectivity index (χ1) is 43.7. The molecule has 0 bridgehead atoms. The molecule has 0 atom stereocenters. The summed E-state index contributed by atoms with van der Waals surface area (Å²) < 4.78 is 0. The zero-order valence-corrected chi connectivity index (χ0v) is 59.7. The number of para-hydroxylation sites is 2. The molecule has 0 saturated carbocycles. The van der Waals surface area contributed by atoms with E-state index in [2.05, 4.69) is 112 Å². The molecule has 0 aliphatic heterocycles. The van der Waals surface area contributed by atoms with Crippen molar-refractivity contribution in [2.75, 3.05) is 0 Å². The molecule has 0 heterocycles. The molecular formula is C86H148N2.